The maximum Gasteiger partial charge on any atom is 0.161 e. The molecule has 6 nitrogen and oxygen atoms in total. The van der Waals surface area contributed by atoms with E-state index in [1.807, 2.05) is 20.8 Å². The third-order valence-corrected chi connectivity index (χ3v) is 10.3. The molecule has 0 heterocycles. The Hall–Kier alpha value is -3.54. The summed E-state index contributed by atoms with van der Waals surface area (Å²) in [5.41, 5.74) is 0. The van der Waals surface area contributed by atoms with Crippen molar-refractivity contribution in [3.63, 3.8) is 0 Å². The van der Waals surface area contributed by atoms with Crippen LogP contribution in [0.25, 0.3) is 32.3 Å². The normalized spacial score (nSPS) is 11.4. The van der Waals surface area contributed by atoms with E-state index in [0.29, 0.717) is 39.6 Å². The van der Waals surface area contributed by atoms with Gasteiger partial charge in [0.05, 0.1) is 39.6 Å². The first-order valence-corrected chi connectivity index (χ1v) is 21.9. The predicted molar refractivity (Wildman–Crippen MR) is 229 cm³/mol. The Morgan fingerprint density at radius 1 is 0.259 bits per heavy atom. The molecule has 54 heavy (non-hydrogen) atoms. The average molecular weight is 745 g/mol. The maximum absolute atomic E-state index is 6.52. The second-order valence-corrected chi connectivity index (χ2v) is 14.7. The smallest absolute Gasteiger partial charge is 0.161 e. The SMILES string of the molecule is CCCCCCCCOc1cc2c(cc1OCC)c1cc(OCCCCCCCC)c(OCC)cc1c1cc(OCCCCCCCC)c(OCC)cc21. The van der Waals surface area contributed by atoms with Crippen LogP contribution in [0.1, 0.15) is 157 Å². The van der Waals surface area contributed by atoms with Crippen LogP contribution in [0.4, 0.5) is 0 Å². The van der Waals surface area contributed by atoms with Crippen molar-refractivity contribution in [1.82, 2.24) is 0 Å². The number of ether oxygens (including phenoxy) is 6. The van der Waals surface area contributed by atoms with E-state index in [9.17, 15) is 0 Å². The number of fused-ring (bicyclic) bond motifs is 6. The summed E-state index contributed by atoms with van der Waals surface area (Å²) in [5.74, 6) is 4.65. The Bertz CT molecular complexity index is 1440. The van der Waals surface area contributed by atoms with E-state index in [4.69, 9.17) is 28.4 Å². The molecule has 4 aromatic carbocycles. The fraction of sp³-hybridized carbons (Fsp3) is 0.625. The number of rotatable bonds is 30. The van der Waals surface area contributed by atoms with Crippen LogP contribution in [0.3, 0.4) is 0 Å². The Morgan fingerprint density at radius 2 is 0.463 bits per heavy atom. The average Bonchev–Trinajstić information content (AvgIpc) is 3.18. The van der Waals surface area contributed by atoms with Crippen LogP contribution in [-0.4, -0.2) is 39.6 Å². The zero-order chi connectivity index (χ0) is 38.4. The third kappa shape index (κ3) is 12.8. The zero-order valence-corrected chi connectivity index (χ0v) is 34.9. The predicted octanol–water partition coefficient (Wildman–Crippen LogP) is 14.6. The molecule has 0 saturated heterocycles. The number of unbranched alkanes of at least 4 members (excludes halogenated alkanes) is 15. The van der Waals surface area contributed by atoms with Crippen LogP contribution in [0.2, 0.25) is 0 Å². The molecule has 0 unspecified atom stereocenters. The van der Waals surface area contributed by atoms with E-state index >= 15 is 0 Å². The molecule has 0 N–H and O–H groups in total. The van der Waals surface area contributed by atoms with Gasteiger partial charge in [-0.3, -0.25) is 0 Å². The van der Waals surface area contributed by atoms with E-state index < -0.39 is 0 Å². The van der Waals surface area contributed by atoms with Gasteiger partial charge >= 0.3 is 0 Å². The Morgan fingerprint density at radius 3 is 0.685 bits per heavy atom. The lowest BCUT2D eigenvalue weighted by molar-refractivity contribution is 0.270. The van der Waals surface area contributed by atoms with Gasteiger partial charge in [-0.05, 0) is 109 Å². The monoisotopic (exact) mass is 745 g/mol. The molecule has 0 spiro atoms. The Kier molecular flexibility index (Phi) is 19.8. The molecule has 0 amide bonds. The van der Waals surface area contributed by atoms with Gasteiger partial charge in [-0.2, -0.15) is 0 Å². The molecular formula is C48H72O6. The summed E-state index contributed by atoms with van der Waals surface area (Å²) in [6.07, 6.45) is 21.9. The maximum atomic E-state index is 6.52. The van der Waals surface area contributed by atoms with Crippen molar-refractivity contribution in [3.05, 3.63) is 36.4 Å². The first-order valence-electron chi connectivity index (χ1n) is 21.9. The highest BCUT2D eigenvalue weighted by atomic mass is 16.5. The molecule has 0 aliphatic rings. The first kappa shape index (κ1) is 43.2. The van der Waals surface area contributed by atoms with Gasteiger partial charge in [0.1, 0.15) is 0 Å². The molecule has 0 fully saturated rings. The minimum absolute atomic E-state index is 0.555. The molecule has 300 valence electrons. The van der Waals surface area contributed by atoms with Crippen LogP contribution >= 0.6 is 0 Å². The van der Waals surface area contributed by atoms with Crippen LogP contribution in [0.5, 0.6) is 34.5 Å². The minimum Gasteiger partial charge on any atom is -0.490 e. The molecule has 4 aromatic rings. The highest BCUT2D eigenvalue weighted by molar-refractivity contribution is 6.26. The molecule has 0 aromatic heterocycles. The van der Waals surface area contributed by atoms with Gasteiger partial charge in [-0.15, -0.1) is 0 Å². The summed E-state index contributed by atoms with van der Waals surface area (Å²) in [6, 6.07) is 13.0. The van der Waals surface area contributed by atoms with Gasteiger partial charge in [-0.25, -0.2) is 0 Å². The van der Waals surface area contributed by atoms with Crippen molar-refractivity contribution in [2.45, 2.75) is 157 Å². The van der Waals surface area contributed by atoms with Crippen molar-refractivity contribution in [3.8, 4) is 34.5 Å². The molecule has 4 rings (SSSR count). The standard InChI is InChI=1S/C48H72O6/c1-7-13-16-19-22-25-28-52-46-34-40-37(31-43(46)49-10-4)41-35-47(53-29-26-23-20-17-14-8-2)45(51-12-6)33-39(41)42-36-48(44(50-11-5)32-38(40)42)54-30-27-24-21-18-15-9-3/h31-36H,7-30H2,1-6H3. The van der Waals surface area contributed by atoms with Gasteiger partial charge in [-0.1, -0.05) is 117 Å². The molecule has 0 saturated carbocycles. The number of hydrogen-bond acceptors (Lipinski definition) is 6. The molecule has 0 radical (unpaired) electrons. The Labute approximate surface area is 327 Å². The van der Waals surface area contributed by atoms with Crippen LogP contribution in [0.15, 0.2) is 36.4 Å². The van der Waals surface area contributed by atoms with Gasteiger partial charge < -0.3 is 28.4 Å². The molecule has 0 atom stereocenters. The molecular weight excluding hydrogens is 673 g/mol. The number of benzene rings is 4. The summed E-state index contributed by atoms with van der Waals surface area (Å²) in [6.45, 7) is 16.5. The summed E-state index contributed by atoms with van der Waals surface area (Å²) >= 11 is 0. The van der Waals surface area contributed by atoms with E-state index in [0.717, 1.165) is 86.1 Å². The minimum atomic E-state index is 0.555. The molecule has 0 bridgehead atoms. The van der Waals surface area contributed by atoms with Crippen molar-refractivity contribution in [2.24, 2.45) is 0 Å². The van der Waals surface area contributed by atoms with Gasteiger partial charge in [0.2, 0.25) is 0 Å². The van der Waals surface area contributed by atoms with Gasteiger partial charge in [0, 0.05) is 0 Å². The second-order valence-electron chi connectivity index (χ2n) is 14.7. The highest BCUT2D eigenvalue weighted by Crippen LogP contribution is 2.47. The van der Waals surface area contributed by atoms with Gasteiger partial charge in [0.15, 0.2) is 34.5 Å². The van der Waals surface area contributed by atoms with E-state index in [2.05, 4.69) is 57.2 Å². The van der Waals surface area contributed by atoms with E-state index in [-0.39, 0.29) is 0 Å². The van der Waals surface area contributed by atoms with Crippen molar-refractivity contribution in [1.29, 1.82) is 0 Å². The fourth-order valence-corrected chi connectivity index (χ4v) is 7.35. The van der Waals surface area contributed by atoms with Crippen molar-refractivity contribution >= 4 is 32.3 Å². The van der Waals surface area contributed by atoms with Crippen molar-refractivity contribution < 1.29 is 28.4 Å². The van der Waals surface area contributed by atoms with E-state index in [1.165, 1.54) is 96.3 Å². The highest BCUT2D eigenvalue weighted by Gasteiger charge is 2.20. The molecule has 0 aliphatic heterocycles. The Balaban J connectivity index is 1.81. The van der Waals surface area contributed by atoms with Crippen LogP contribution in [-0.2, 0) is 0 Å². The second kappa shape index (κ2) is 24.8. The quantitative estimate of drug-likeness (QED) is 0.0391. The summed E-state index contributed by atoms with van der Waals surface area (Å²) < 4.78 is 38.4. The lowest BCUT2D eigenvalue weighted by atomic mass is 9.93. The summed E-state index contributed by atoms with van der Waals surface area (Å²) in [5, 5.41) is 6.53. The van der Waals surface area contributed by atoms with Crippen LogP contribution < -0.4 is 28.4 Å². The van der Waals surface area contributed by atoms with Crippen molar-refractivity contribution in [2.75, 3.05) is 39.6 Å². The summed E-state index contributed by atoms with van der Waals surface area (Å²) in [7, 11) is 0. The lowest BCUT2D eigenvalue weighted by Gasteiger charge is -2.20. The third-order valence-electron chi connectivity index (χ3n) is 10.3. The fourth-order valence-electron chi connectivity index (χ4n) is 7.35. The molecule has 6 heteroatoms. The lowest BCUT2D eigenvalue weighted by Crippen LogP contribution is -2.03. The summed E-state index contributed by atoms with van der Waals surface area (Å²) in [4.78, 5) is 0. The molecule has 0 aliphatic carbocycles. The largest absolute Gasteiger partial charge is 0.490 e. The van der Waals surface area contributed by atoms with E-state index in [1.54, 1.807) is 0 Å². The zero-order valence-electron chi connectivity index (χ0n) is 34.9. The van der Waals surface area contributed by atoms with Crippen LogP contribution in [0, 0.1) is 0 Å². The number of hydrogen-bond donors (Lipinski definition) is 0. The van der Waals surface area contributed by atoms with Gasteiger partial charge in [0.25, 0.3) is 0 Å². The first-order chi connectivity index (χ1) is 26.6. The topological polar surface area (TPSA) is 55.4 Å².